The fourth-order valence-electron chi connectivity index (χ4n) is 6.43. The molecule has 0 radical (unpaired) electrons. The molecule has 0 spiro atoms. The van der Waals surface area contributed by atoms with E-state index in [1.807, 2.05) is 0 Å². The lowest BCUT2D eigenvalue weighted by atomic mass is 9.86. The normalized spacial score (nSPS) is 17.9. The van der Waals surface area contributed by atoms with Gasteiger partial charge in [-0.15, -0.1) is 0 Å². The van der Waals surface area contributed by atoms with Gasteiger partial charge in [-0.1, -0.05) is 41.4 Å². The summed E-state index contributed by atoms with van der Waals surface area (Å²) in [4.78, 5) is 38.8. The molecule has 14 nitrogen and oxygen atoms in total. The van der Waals surface area contributed by atoms with E-state index < -0.39 is 24.0 Å². The van der Waals surface area contributed by atoms with Gasteiger partial charge in [0, 0.05) is 30.3 Å². The fourth-order valence-corrected chi connectivity index (χ4v) is 7.03. The quantitative estimate of drug-likeness (QED) is 0.0845. The van der Waals surface area contributed by atoms with Crippen LogP contribution in [0.2, 0.25) is 10.0 Å². The summed E-state index contributed by atoms with van der Waals surface area (Å²) >= 11 is 12.7. The third kappa shape index (κ3) is 9.86. The average molecular weight is 775 g/mol. The molecular weight excluding hydrogens is 736 g/mol. The number of hydrogen-bond acceptors (Lipinski definition) is 10. The molecule has 2 aromatic carbocycles. The number of carbonyl (C=O) groups is 3. The zero-order valence-corrected chi connectivity index (χ0v) is 30.4. The first kappa shape index (κ1) is 39.1. The number of carboxylic acid groups (broad SMARTS) is 1. The Bertz CT molecular complexity index is 1880. The standard InChI is InChI=1S/C35H36Cl2FN5O7.CH2O2/c1-47-30-8-7-24(13-32(30)48-2)31(14-25-26(36)18-42(46)19-27(25)37)49-34(44)21-41-16-22(15-39-41)17-43(29-6-4-3-5-28(29)38)35(45)50-33-20-40-11-9-23(33)10-12-40;2-1-3/h3-8,13,15-16,18-19,23,31,33H,9-12,14,17,20-21H2,1-2H3;1H,(H,2,3)/t31-,33-;/m0./s1. The van der Waals surface area contributed by atoms with Crippen LogP contribution in [-0.2, 0) is 38.6 Å². The number of rotatable bonds is 12. The molecule has 2 aromatic heterocycles. The molecule has 0 unspecified atom stereocenters. The zero-order chi connectivity index (χ0) is 38.1. The van der Waals surface area contributed by atoms with Gasteiger partial charge in [0.2, 0.25) is 0 Å². The lowest BCUT2D eigenvalue weighted by Gasteiger charge is -2.44. The van der Waals surface area contributed by atoms with E-state index in [2.05, 4.69) is 10.00 Å². The van der Waals surface area contributed by atoms with Crippen molar-refractivity contribution in [3.63, 3.8) is 0 Å². The number of halogens is 3. The van der Waals surface area contributed by atoms with Crippen molar-refractivity contribution in [3.05, 3.63) is 105 Å². The average Bonchev–Trinajstić information content (AvgIpc) is 3.58. The second-order valence-corrected chi connectivity index (χ2v) is 13.2. The van der Waals surface area contributed by atoms with Crippen molar-refractivity contribution in [2.24, 2.45) is 5.92 Å². The van der Waals surface area contributed by atoms with E-state index in [1.165, 1.54) is 54.5 Å². The lowest BCUT2D eigenvalue weighted by Crippen LogP contribution is -2.53. The van der Waals surface area contributed by atoms with Crippen molar-refractivity contribution in [1.29, 1.82) is 0 Å². The van der Waals surface area contributed by atoms with Crippen LogP contribution in [0.25, 0.3) is 0 Å². The molecule has 282 valence electrons. The van der Waals surface area contributed by atoms with Gasteiger partial charge in [-0.2, -0.15) is 9.83 Å². The molecule has 3 aliphatic rings. The maximum absolute atomic E-state index is 15.0. The third-order valence-electron chi connectivity index (χ3n) is 9.03. The van der Waals surface area contributed by atoms with Gasteiger partial charge in [0.25, 0.3) is 6.47 Å². The van der Waals surface area contributed by atoms with E-state index in [9.17, 15) is 19.2 Å². The molecule has 3 fully saturated rings. The number of pyridine rings is 1. The zero-order valence-electron chi connectivity index (χ0n) is 28.9. The van der Waals surface area contributed by atoms with Gasteiger partial charge in [-0.05, 0) is 61.7 Å². The predicted molar refractivity (Wildman–Crippen MR) is 190 cm³/mol. The molecule has 3 aliphatic heterocycles. The first-order chi connectivity index (χ1) is 25.5. The van der Waals surface area contributed by atoms with Crippen LogP contribution in [0.4, 0.5) is 14.9 Å². The molecule has 5 heterocycles. The number of amides is 1. The minimum absolute atomic E-state index is 0.0450. The van der Waals surface area contributed by atoms with Crippen molar-refractivity contribution in [2.45, 2.75) is 44.6 Å². The van der Waals surface area contributed by atoms with Crippen LogP contribution in [0.15, 0.2) is 67.3 Å². The number of hydrogen-bond donors (Lipinski definition) is 1. The van der Waals surface area contributed by atoms with Gasteiger partial charge in [-0.25, -0.2) is 9.18 Å². The van der Waals surface area contributed by atoms with Crippen LogP contribution in [0.3, 0.4) is 0 Å². The molecule has 4 aromatic rings. The molecule has 1 amide bonds. The summed E-state index contributed by atoms with van der Waals surface area (Å²) < 4.78 is 39.5. The monoisotopic (exact) mass is 773 g/mol. The SMILES string of the molecule is COc1ccc([C@H](Cc2c(Cl)c[n+]([O-])cc2Cl)OC(=O)Cn2cc(CN(C(=O)O[C@H]3CN4CCC3CC4)c3ccccc3F)cn2)cc1OC.O=CO. The van der Waals surface area contributed by atoms with Gasteiger partial charge >= 0.3 is 12.1 Å². The summed E-state index contributed by atoms with van der Waals surface area (Å²) in [7, 11) is 2.99. The van der Waals surface area contributed by atoms with Gasteiger partial charge in [0.15, 0.2) is 23.9 Å². The van der Waals surface area contributed by atoms with Gasteiger partial charge in [0.05, 0.1) is 32.6 Å². The van der Waals surface area contributed by atoms with E-state index >= 15 is 0 Å². The largest absolute Gasteiger partial charge is 0.619 e. The van der Waals surface area contributed by atoms with Crippen molar-refractivity contribution in [1.82, 2.24) is 14.7 Å². The highest BCUT2D eigenvalue weighted by atomic mass is 35.5. The van der Waals surface area contributed by atoms with Gasteiger partial charge in [-0.3, -0.25) is 24.1 Å². The van der Waals surface area contributed by atoms with Crippen LogP contribution >= 0.6 is 23.2 Å². The Hall–Kier alpha value is -5.12. The summed E-state index contributed by atoms with van der Waals surface area (Å²) in [6, 6.07) is 11.1. The van der Waals surface area contributed by atoms with Crippen LogP contribution < -0.4 is 19.1 Å². The predicted octanol–water partition coefficient (Wildman–Crippen LogP) is 5.45. The molecule has 53 heavy (non-hydrogen) atoms. The molecular formula is C36H38Cl2FN5O9. The molecule has 17 heteroatoms. The molecule has 2 atom stereocenters. The highest BCUT2D eigenvalue weighted by Gasteiger charge is 2.38. The Balaban J connectivity index is 0.00000175. The van der Waals surface area contributed by atoms with Crippen LogP contribution in [0.1, 0.15) is 35.6 Å². The summed E-state index contributed by atoms with van der Waals surface area (Å²) in [5.41, 5.74) is 1.58. The smallest absolute Gasteiger partial charge is 0.415 e. The van der Waals surface area contributed by atoms with Crippen LogP contribution in [0, 0.1) is 16.9 Å². The summed E-state index contributed by atoms with van der Waals surface area (Å²) in [6.45, 7) is 2.05. The van der Waals surface area contributed by atoms with Crippen molar-refractivity contribution >= 4 is 47.4 Å². The lowest BCUT2D eigenvalue weighted by molar-refractivity contribution is -0.605. The molecule has 0 saturated carbocycles. The van der Waals surface area contributed by atoms with E-state index in [0.29, 0.717) is 39.5 Å². The Morgan fingerprint density at radius 3 is 2.42 bits per heavy atom. The number of esters is 1. The Morgan fingerprint density at radius 2 is 1.79 bits per heavy atom. The Kier molecular flexibility index (Phi) is 13.3. The minimum Gasteiger partial charge on any atom is -0.619 e. The number of anilines is 1. The van der Waals surface area contributed by atoms with E-state index in [1.54, 1.807) is 36.5 Å². The second-order valence-electron chi connectivity index (χ2n) is 12.3. The number of fused-ring (bicyclic) bond motifs is 3. The molecule has 1 N–H and O–H groups in total. The van der Waals surface area contributed by atoms with E-state index in [4.69, 9.17) is 52.1 Å². The van der Waals surface area contributed by atoms with Crippen LogP contribution in [0.5, 0.6) is 11.5 Å². The number of piperidine rings is 3. The van der Waals surface area contributed by atoms with Gasteiger partial charge < -0.3 is 29.3 Å². The van der Waals surface area contributed by atoms with Crippen molar-refractivity contribution in [3.8, 4) is 11.5 Å². The number of methoxy groups -OCH3 is 2. The summed E-state index contributed by atoms with van der Waals surface area (Å²) in [6.07, 6.45) is 5.56. The van der Waals surface area contributed by atoms with Crippen molar-refractivity contribution < 1.29 is 47.6 Å². The number of para-hydroxylation sites is 1. The first-order valence-corrected chi connectivity index (χ1v) is 17.3. The molecule has 2 bridgehead atoms. The molecule has 3 saturated heterocycles. The summed E-state index contributed by atoms with van der Waals surface area (Å²) in [5, 5.41) is 23.3. The maximum atomic E-state index is 15.0. The highest BCUT2D eigenvalue weighted by Crippen LogP contribution is 2.35. The van der Waals surface area contributed by atoms with E-state index in [0.717, 1.165) is 25.9 Å². The van der Waals surface area contributed by atoms with Gasteiger partial charge in [0.1, 0.15) is 34.6 Å². The Labute approximate surface area is 314 Å². The molecule has 7 rings (SSSR count). The highest BCUT2D eigenvalue weighted by molar-refractivity contribution is 6.35. The Morgan fingerprint density at radius 1 is 1.11 bits per heavy atom. The molecule has 0 aliphatic carbocycles. The number of ether oxygens (including phenoxy) is 4. The number of benzene rings is 2. The van der Waals surface area contributed by atoms with Crippen molar-refractivity contribution in [2.75, 3.05) is 38.8 Å². The number of nitrogens with zero attached hydrogens (tertiary/aromatic N) is 5. The second kappa shape index (κ2) is 18.1. The third-order valence-corrected chi connectivity index (χ3v) is 9.68. The maximum Gasteiger partial charge on any atom is 0.415 e. The topological polar surface area (TPSA) is 160 Å². The fraction of sp³-hybridized carbons (Fsp3) is 0.361. The number of aromatic nitrogens is 3. The minimum atomic E-state index is -0.896. The number of carbonyl (C=O) groups excluding carboxylic acids is 2. The first-order valence-electron chi connectivity index (χ1n) is 16.6. The summed E-state index contributed by atoms with van der Waals surface area (Å²) in [5.74, 6) is -0.0454. The van der Waals surface area contributed by atoms with Crippen LogP contribution in [-0.4, -0.2) is 78.3 Å². The van der Waals surface area contributed by atoms with E-state index in [-0.39, 0.29) is 53.7 Å².